The molecule has 0 aromatic heterocycles. The Bertz CT molecular complexity index is 1270. The number of nitrogens with zero attached hydrogens (tertiary/aromatic N) is 1. The zero-order valence-corrected chi connectivity index (χ0v) is 20.1. The highest BCUT2D eigenvalue weighted by atomic mass is 35.5. The monoisotopic (exact) mass is 500 g/mol. The van der Waals surface area contributed by atoms with Crippen LogP contribution in [0.1, 0.15) is 48.4 Å². The van der Waals surface area contributed by atoms with Crippen molar-refractivity contribution in [1.82, 2.24) is 5.32 Å². The first-order valence-electron chi connectivity index (χ1n) is 11.4. The molecule has 176 valence electrons. The van der Waals surface area contributed by atoms with Gasteiger partial charge in [0.2, 0.25) is 0 Å². The fourth-order valence-corrected chi connectivity index (χ4v) is 5.74. The SMILES string of the molecule is CCCOc1ccc(F)c(F)c1[C@@H]1NCC[C@@H](c2cccc(Cl)c2)[C@]12C=Nc1cc(Cl)ccc12. The van der Waals surface area contributed by atoms with Crippen LogP contribution in [0.15, 0.2) is 59.6 Å². The lowest BCUT2D eigenvalue weighted by Crippen LogP contribution is -2.51. The molecule has 1 spiro atoms. The Kier molecular flexibility index (Phi) is 6.36. The predicted molar refractivity (Wildman–Crippen MR) is 133 cm³/mol. The minimum Gasteiger partial charge on any atom is -0.493 e. The Labute approximate surface area is 207 Å². The molecule has 1 saturated heterocycles. The molecule has 7 heteroatoms. The number of fused-ring (bicyclic) bond motifs is 2. The molecule has 2 heterocycles. The van der Waals surface area contributed by atoms with Crippen LogP contribution in [0.3, 0.4) is 0 Å². The number of hydrogen-bond donors (Lipinski definition) is 1. The Hall–Kier alpha value is -2.47. The van der Waals surface area contributed by atoms with E-state index in [0.717, 1.165) is 35.7 Å². The minimum absolute atomic E-state index is 0.0923. The molecule has 0 radical (unpaired) electrons. The van der Waals surface area contributed by atoms with Crippen LogP contribution < -0.4 is 10.1 Å². The van der Waals surface area contributed by atoms with Crippen LogP contribution in [-0.2, 0) is 5.41 Å². The van der Waals surface area contributed by atoms with Gasteiger partial charge in [0.25, 0.3) is 0 Å². The van der Waals surface area contributed by atoms with Gasteiger partial charge in [0, 0.05) is 22.2 Å². The topological polar surface area (TPSA) is 33.6 Å². The smallest absolute Gasteiger partial charge is 0.167 e. The van der Waals surface area contributed by atoms with E-state index in [4.69, 9.17) is 32.9 Å². The summed E-state index contributed by atoms with van der Waals surface area (Å²) in [6.45, 7) is 2.97. The van der Waals surface area contributed by atoms with Crippen molar-refractivity contribution in [2.45, 2.75) is 37.1 Å². The highest BCUT2D eigenvalue weighted by Crippen LogP contribution is 2.57. The zero-order valence-electron chi connectivity index (χ0n) is 18.6. The fourth-order valence-electron chi connectivity index (χ4n) is 5.37. The van der Waals surface area contributed by atoms with Crippen molar-refractivity contribution < 1.29 is 13.5 Å². The Balaban J connectivity index is 1.76. The lowest BCUT2D eigenvalue weighted by molar-refractivity contribution is 0.247. The van der Waals surface area contributed by atoms with E-state index in [2.05, 4.69) is 5.32 Å². The lowest BCUT2D eigenvalue weighted by Gasteiger charge is -2.47. The summed E-state index contributed by atoms with van der Waals surface area (Å²) in [5, 5.41) is 4.67. The standard InChI is InChI=1S/C27H24Cl2F2N2O/c1-2-12-34-23-9-8-21(30)25(31)24(23)26-27(15-33-22-14-18(29)6-7-20(22)27)19(10-11-32-26)16-4-3-5-17(28)13-16/h3-9,13-15,19,26,32H,2,10-12H2,1H3/t19-,26-,27-/m0/s1. The van der Waals surface area contributed by atoms with E-state index in [1.165, 1.54) is 6.07 Å². The second-order valence-electron chi connectivity index (χ2n) is 8.76. The van der Waals surface area contributed by atoms with Crippen molar-refractivity contribution in [3.05, 3.63) is 93.0 Å². The van der Waals surface area contributed by atoms with Gasteiger partial charge in [-0.05, 0) is 66.9 Å². The summed E-state index contributed by atoms with van der Waals surface area (Å²) in [6, 6.07) is 15.3. The molecule has 1 N–H and O–H groups in total. The molecule has 3 aromatic rings. The van der Waals surface area contributed by atoms with E-state index in [1.807, 2.05) is 49.5 Å². The van der Waals surface area contributed by atoms with Gasteiger partial charge >= 0.3 is 0 Å². The molecule has 0 bridgehead atoms. The van der Waals surface area contributed by atoms with Crippen LogP contribution >= 0.6 is 23.2 Å². The number of nitrogens with one attached hydrogen (secondary N) is 1. The number of aliphatic imine (C=N–C) groups is 1. The van der Waals surface area contributed by atoms with Gasteiger partial charge in [-0.25, -0.2) is 8.78 Å². The highest BCUT2D eigenvalue weighted by Gasteiger charge is 2.54. The Morgan fingerprint density at radius 1 is 1.09 bits per heavy atom. The zero-order chi connectivity index (χ0) is 23.9. The van der Waals surface area contributed by atoms with E-state index in [-0.39, 0.29) is 11.5 Å². The molecule has 34 heavy (non-hydrogen) atoms. The van der Waals surface area contributed by atoms with E-state index in [1.54, 1.807) is 6.07 Å². The maximum atomic E-state index is 15.6. The first-order chi connectivity index (χ1) is 16.5. The summed E-state index contributed by atoms with van der Waals surface area (Å²) in [7, 11) is 0. The molecule has 3 nitrogen and oxygen atoms in total. The third-order valence-electron chi connectivity index (χ3n) is 6.77. The van der Waals surface area contributed by atoms with Gasteiger partial charge in [0.15, 0.2) is 11.6 Å². The van der Waals surface area contributed by atoms with Crippen molar-refractivity contribution in [2.75, 3.05) is 13.2 Å². The van der Waals surface area contributed by atoms with Crippen LogP contribution in [0.4, 0.5) is 14.5 Å². The van der Waals surface area contributed by atoms with Crippen LogP contribution in [0.5, 0.6) is 5.75 Å². The van der Waals surface area contributed by atoms with Crippen molar-refractivity contribution >= 4 is 35.1 Å². The second-order valence-corrected chi connectivity index (χ2v) is 9.63. The number of hydrogen-bond acceptors (Lipinski definition) is 3. The summed E-state index contributed by atoms with van der Waals surface area (Å²) in [5.74, 6) is -1.58. The normalized spacial score (nSPS) is 23.3. The molecule has 3 aromatic carbocycles. The number of benzene rings is 3. The number of halogens is 4. The van der Waals surface area contributed by atoms with Gasteiger partial charge in [-0.2, -0.15) is 0 Å². The largest absolute Gasteiger partial charge is 0.493 e. The number of ether oxygens (including phenoxy) is 1. The van der Waals surface area contributed by atoms with Gasteiger partial charge < -0.3 is 10.1 Å². The highest BCUT2D eigenvalue weighted by molar-refractivity contribution is 6.31. The average Bonchev–Trinajstić information content (AvgIpc) is 3.19. The van der Waals surface area contributed by atoms with Crippen molar-refractivity contribution in [3.63, 3.8) is 0 Å². The first-order valence-corrected chi connectivity index (χ1v) is 12.2. The van der Waals surface area contributed by atoms with Gasteiger partial charge in [0.05, 0.1) is 29.3 Å². The third-order valence-corrected chi connectivity index (χ3v) is 7.24. The molecule has 0 aliphatic carbocycles. The van der Waals surface area contributed by atoms with Gasteiger partial charge in [-0.1, -0.05) is 48.3 Å². The molecule has 3 atom stereocenters. The second kappa shape index (κ2) is 9.29. The average molecular weight is 501 g/mol. The number of rotatable bonds is 5. The maximum Gasteiger partial charge on any atom is 0.167 e. The molecular formula is C27H24Cl2F2N2O. The van der Waals surface area contributed by atoms with Crippen LogP contribution in [-0.4, -0.2) is 19.4 Å². The Morgan fingerprint density at radius 2 is 1.91 bits per heavy atom. The van der Waals surface area contributed by atoms with E-state index in [0.29, 0.717) is 28.9 Å². The van der Waals surface area contributed by atoms with Gasteiger partial charge in [-0.3, -0.25) is 4.99 Å². The van der Waals surface area contributed by atoms with Crippen LogP contribution in [0.2, 0.25) is 10.0 Å². The predicted octanol–water partition coefficient (Wildman–Crippen LogP) is 7.53. The summed E-state index contributed by atoms with van der Waals surface area (Å²) in [4.78, 5) is 4.72. The molecule has 2 aliphatic heterocycles. The quantitative estimate of drug-likeness (QED) is 0.392. The van der Waals surface area contributed by atoms with Crippen molar-refractivity contribution in [1.29, 1.82) is 0 Å². The summed E-state index contributed by atoms with van der Waals surface area (Å²) < 4.78 is 36.1. The van der Waals surface area contributed by atoms with Crippen LogP contribution in [0.25, 0.3) is 0 Å². The molecule has 0 unspecified atom stereocenters. The van der Waals surface area contributed by atoms with Crippen molar-refractivity contribution in [2.24, 2.45) is 4.99 Å². The molecule has 0 saturated carbocycles. The van der Waals surface area contributed by atoms with E-state index < -0.39 is 23.1 Å². The minimum atomic E-state index is -0.910. The number of piperidine rings is 1. The molecule has 0 amide bonds. The first kappa shape index (κ1) is 23.3. The molecular weight excluding hydrogens is 477 g/mol. The van der Waals surface area contributed by atoms with Gasteiger partial charge in [0.1, 0.15) is 5.75 Å². The van der Waals surface area contributed by atoms with Crippen molar-refractivity contribution in [3.8, 4) is 5.75 Å². The summed E-state index contributed by atoms with van der Waals surface area (Å²) in [6.07, 6.45) is 3.37. The van der Waals surface area contributed by atoms with E-state index in [9.17, 15) is 4.39 Å². The summed E-state index contributed by atoms with van der Waals surface area (Å²) in [5.41, 5.74) is 2.02. The maximum absolute atomic E-state index is 15.6. The Morgan fingerprint density at radius 3 is 2.71 bits per heavy atom. The molecule has 1 fully saturated rings. The van der Waals surface area contributed by atoms with Crippen LogP contribution in [0, 0.1) is 11.6 Å². The van der Waals surface area contributed by atoms with E-state index >= 15 is 4.39 Å². The summed E-state index contributed by atoms with van der Waals surface area (Å²) >= 11 is 12.6. The molecule has 5 rings (SSSR count). The van der Waals surface area contributed by atoms with Gasteiger partial charge in [-0.15, -0.1) is 0 Å². The third kappa shape index (κ3) is 3.80. The molecule has 2 aliphatic rings. The lowest BCUT2D eigenvalue weighted by atomic mass is 9.60. The fraction of sp³-hybridized carbons (Fsp3) is 0.296.